The minimum Gasteiger partial charge on any atom is -0.443 e. The molecule has 1 spiro atoms. The highest BCUT2D eigenvalue weighted by atomic mass is 16.6. The Morgan fingerprint density at radius 2 is 1.90 bits per heavy atom. The number of nitrogens with zero attached hydrogens (tertiary/aromatic N) is 5. The third kappa shape index (κ3) is 3.52. The molecule has 0 saturated heterocycles. The van der Waals surface area contributed by atoms with Crippen molar-refractivity contribution in [1.29, 1.82) is 0 Å². The van der Waals surface area contributed by atoms with E-state index in [9.17, 15) is 4.79 Å². The first-order valence-electron chi connectivity index (χ1n) is 9.89. The minimum absolute atomic E-state index is 0.218. The lowest BCUT2D eigenvalue weighted by atomic mass is 9.87. The van der Waals surface area contributed by atoms with Crippen LogP contribution in [0, 0.1) is 0 Å². The van der Waals surface area contributed by atoms with E-state index in [-0.39, 0.29) is 5.96 Å². The Labute approximate surface area is 169 Å². The van der Waals surface area contributed by atoms with Gasteiger partial charge in [0.2, 0.25) is 11.9 Å². The van der Waals surface area contributed by atoms with Gasteiger partial charge in [-0.15, -0.1) is 0 Å². The van der Waals surface area contributed by atoms with Crippen molar-refractivity contribution in [1.82, 2.24) is 9.55 Å². The number of nitrogens with two attached hydrogens (primary N) is 2. The van der Waals surface area contributed by atoms with Crippen LogP contribution in [-0.2, 0) is 4.74 Å². The topological polar surface area (TPSA) is 124 Å². The summed E-state index contributed by atoms with van der Waals surface area (Å²) in [4.78, 5) is 27.7. The van der Waals surface area contributed by atoms with Crippen LogP contribution in [0.15, 0.2) is 34.5 Å². The predicted octanol–water partition coefficient (Wildman–Crippen LogP) is 2.93. The number of ether oxygens (including phenoxy) is 1. The molecule has 4 N–H and O–H groups in total. The number of guanidine groups is 2. The lowest BCUT2D eigenvalue weighted by Gasteiger charge is -2.45. The summed E-state index contributed by atoms with van der Waals surface area (Å²) in [5.74, 6) is 0.543. The minimum atomic E-state index is -0.586. The van der Waals surface area contributed by atoms with Gasteiger partial charge in [-0.2, -0.15) is 4.99 Å². The maximum absolute atomic E-state index is 12.5. The second-order valence-corrected chi connectivity index (χ2v) is 8.59. The summed E-state index contributed by atoms with van der Waals surface area (Å²) in [7, 11) is 0. The van der Waals surface area contributed by atoms with E-state index in [1.165, 1.54) is 17.3 Å². The molecule has 0 amide bonds. The van der Waals surface area contributed by atoms with E-state index in [2.05, 4.69) is 15.0 Å². The summed E-state index contributed by atoms with van der Waals surface area (Å²) in [5, 5.41) is 0. The summed E-state index contributed by atoms with van der Waals surface area (Å²) >= 11 is 0. The van der Waals surface area contributed by atoms with Crippen molar-refractivity contribution in [2.24, 2.45) is 21.5 Å². The molecule has 0 radical (unpaired) electrons. The first kappa shape index (κ1) is 19.2. The normalized spacial score (nSPS) is 19.2. The van der Waals surface area contributed by atoms with Crippen LogP contribution in [0.5, 0.6) is 0 Å². The molecule has 0 atom stereocenters. The van der Waals surface area contributed by atoms with Crippen LogP contribution in [-0.4, -0.2) is 38.8 Å². The maximum Gasteiger partial charge on any atom is 0.420 e. The van der Waals surface area contributed by atoms with Gasteiger partial charge in [-0.05, 0) is 64.7 Å². The molecule has 1 fully saturated rings. The zero-order valence-corrected chi connectivity index (χ0v) is 17.1. The van der Waals surface area contributed by atoms with Crippen molar-refractivity contribution in [2.45, 2.75) is 64.1 Å². The van der Waals surface area contributed by atoms with Crippen molar-refractivity contribution in [3.05, 3.63) is 24.5 Å². The molecular formula is C20H27N7O2. The first-order valence-corrected chi connectivity index (χ1v) is 9.89. The standard InChI is InChI=1S/C20H27N7O2/c1-19(2,3)29-18(28)26-12-23-14-11-13(7-8-15(14)26)27-17(22)24-16(21)25-20(27)9-5-4-6-10-20/h7-8,11-12H,4-6,9-10H2,1-3H3,(H4,21,22,24,25). The number of benzene rings is 1. The van der Waals surface area contributed by atoms with Crippen LogP contribution >= 0.6 is 0 Å². The Balaban J connectivity index is 1.73. The van der Waals surface area contributed by atoms with Gasteiger partial charge in [0.25, 0.3) is 0 Å². The highest BCUT2D eigenvalue weighted by molar-refractivity contribution is 6.06. The highest BCUT2D eigenvalue weighted by Gasteiger charge is 2.42. The van der Waals surface area contributed by atoms with Gasteiger partial charge in [0.1, 0.15) is 17.6 Å². The number of aliphatic imine (C=N–C) groups is 2. The number of aromatic nitrogens is 2. The maximum atomic E-state index is 12.5. The number of hydrogen-bond acceptors (Lipinski definition) is 8. The monoisotopic (exact) mass is 397 g/mol. The zero-order chi connectivity index (χ0) is 20.8. The van der Waals surface area contributed by atoms with Crippen molar-refractivity contribution in [3.8, 4) is 0 Å². The fourth-order valence-corrected chi connectivity index (χ4v) is 4.09. The van der Waals surface area contributed by atoms with Crippen LogP contribution in [0.2, 0.25) is 0 Å². The number of anilines is 1. The van der Waals surface area contributed by atoms with E-state index in [1.54, 1.807) is 0 Å². The molecular weight excluding hydrogens is 370 g/mol. The van der Waals surface area contributed by atoms with Gasteiger partial charge in [-0.25, -0.2) is 19.3 Å². The van der Waals surface area contributed by atoms with Crippen LogP contribution in [0.25, 0.3) is 11.0 Å². The zero-order valence-electron chi connectivity index (χ0n) is 17.1. The fourth-order valence-electron chi connectivity index (χ4n) is 4.09. The van der Waals surface area contributed by atoms with E-state index in [0.717, 1.165) is 31.4 Å². The van der Waals surface area contributed by atoms with Crippen molar-refractivity contribution in [3.63, 3.8) is 0 Å². The van der Waals surface area contributed by atoms with Gasteiger partial charge in [0, 0.05) is 5.69 Å². The van der Waals surface area contributed by atoms with Gasteiger partial charge in [-0.1, -0.05) is 6.42 Å². The Morgan fingerprint density at radius 1 is 1.17 bits per heavy atom. The van der Waals surface area contributed by atoms with Crippen molar-refractivity contribution < 1.29 is 9.53 Å². The van der Waals surface area contributed by atoms with Gasteiger partial charge >= 0.3 is 6.09 Å². The first-order chi connectivity index (χ1) is 13.7. The van der Waals surface area contributed by atoms with E-state index >= 15 is 0 Å². The summed E-state index contributed by atoms with van der Waals surface area (Å²) < 4.78 is 6.87. The van der Waals surface area contributed by atoms with Crippen molar-refractivity contribution in [2.75, 3.05) is 4.90 Å². The second-order valence-electron chi connectivity index (χ2n) is 8.59. The van der Waals surface area contributed by atoms with E-state index in [4.69, 9.17) is 16.2 Å². The predicted molar refractivity (Wildman–Crippen MR) is 113 cm³/mol. The van der Waals surface area contributed by atoms with Gasteiger partial charge in [0.05, 0.1) is 11.0 Å². The number of fused-ring (bicyclic) bond motifs is 1. The molecule has 29 heavy (non-hydrogen) atoms. The Hall–Kier alpha value is -3.10. The third-order valence-electron chi connectivity index (χ3n) is 5.23. The molecule has 2 aromatic rings. The Bertz CT molecular complexity index is 1010. The average molecular weight is 397 g/mol. The lowest BCUT2D eigenvalue weighted by Crippen LogP contribution is -2.58. The summed E-state index contributed by atoms with van der Waals surface area (Å²) in [5.41, 5.74) is 13.3. The number of carbonyl (C=O) groups is 1. The number of carbonyl (C=O) groups excluding carboxylic acids is 1. The molecule has 1 aliphatic carbocycles. The summed E-state index contributed by atoms with van der Waals surface area (Å²) in [6.07, 6.45) is 5.99. The summed E-state index contributed by atoms with van der Waals surface area (Å²) in [6, 6.07) is 5.64. The van der Waals surface area contributed by atoms with Gasteiger partial charge in [-0.3, -0.25) is 4.90 Å². The quantitative estimate of drug-likeness (QED) is 0.762. The molecule has 2 aliphatic rings. The van der Waals surface area contributed by atoms with Crippen LogP contribution in [0.1, 0.15) is 52.9 Å². The Morgan fingerprint density at radius 3 is 2.59 bits per heavy atom. The average Bonchev–Trinajstić information content (AvgIpc) is 3.03. The molecule has 0 bridgehead atoms. The SMILES string of the molecule is CC(C)(C)OC(=O)n1cnc2cc(N3C(N)=NC(N)=NC34CCCCC4)ccc21. The smallest absolute Gasteiger partial charge is 0.420 e. The van der Waals surface area contributed by atoms with E-state index < -0.39 is 17.4 Å². The number of imidazole rings is 1. The molecule has 1 aromatic carbocycles. The molecule has 4 rings (SSSR count). The number of rotatable bonds is 1. The molecule has 9 nitrogen and oxygen atoms in total. The van der Waals surface area contributed by atoms with Crippen LogP contribution in [0.4, 0.5) is 10.5 Å². The molecule has 1 saturated carbocycles. The molecule has 1 aliphatic heterocycles. The van der Waals surface area contributed by atoms with Gasteiger partial charge in [0.15, 0.2) is 0 Å². The molecule has 0 unspecified atom stereocenters. The third-order valence-corrected chi connectivity index (χ3v) is 5.23. The second kappa shape index (κ2) is 6.75. The Kier molecular flexibility index (Phi) is 4.48. The largest absolute Gasteiger partial charge is 0.443 e. The molecule has 154 valence electrons. The molecule has 9 heteroatoms. The van der Waals surface area contributed by atoms with E-state index in [0.29, 0.717) is 17.0 Å². The van der Waals surface area contributed by atoms with Crippen LogP contribution < -0.4 is 16.4 Å². The summed E-state index contributed by atoms with van der Waals surface area (Å²) in [6.45, 7) is 5.49. The molecule has 2 heterocycles. The van der Waals surface area contributed by atoms with Gasteiger partial charge < -0.3 is 16.2 Å². The lowest BCUT2D eigenvalue weighted by molar-refractivity contribution is 0.0543. The fraction of sp³-hybridized carbons (Fsp3) is 0.500. The van der Waals surface area contributed by atoms with Crippen molar-refractivity contribution >= 4 is 34.7 Å². The van der Waals surface area contributed by atoms with Crippen LogP contribution in [0.3, 0.4) is 0 Å². The van der Waals surface area contributed by atoms with E-state index in [1.807, 2.05) is 43.9 Å². The molecule has 1 aromatic heterocycles. The number of hydrogen-bond donors (Lipinski definition) is 2. The highest BCUT2D eigenvalue weighted by Crippen LogP contribution is 2.40.